The molecule has 1 aromatic carbocycles. The van der Waals surface area contributed by atoms with E-state index in [0.29, 0.717) is 6.04 Å². The number of tetrazole rings is 1. The van der Waals surface area contributed by atoms with Crippen molar-refractivity contribution in [1.29, 1.82) is 0 Å². The normalized spacial score (nSPS) is 19.2. The fourth-order valence-corrected chi connectivity index (χ4v) is 3.07. The molecule has 0 bridgehead atoms. The highest BCUT2D eigenvalue weighted by molar-refractivity contribution is 7.99. The second kappa shape index (κ2) is 5.49. The van der Waals surface area contributed by atoms with Crippen molar-refractivity contribution in [3.8, 4) is 5.69 Å². The molecule has 1 saturated heterocycles. The topological polar surface area (TPSA) is 55.6 Å². The molecule has 1 N–H and O–H groups in total. The number of hydrogen-bond donors (Lipinski definition) is 1. The van der Waals surface area contributed by atoms with Gasteiger partial charge in [0.05, 0.1) is 5.69 Å². The van der Waals surface area contributed by atoms with Crippen molar-refractivity contribution in [1.82, 2.24) is 25.5 Å². The van der Waals surface area contributed by atoms with Crippen molar-refractivity contribution in [3.63, 3.8) is 0 Å². The second-order valence-electron chi connectivity index (χ2n) is 4.31. The summed E-state index contributed by atoms with van der Waals surface area (Å²) in [5.74, 6) is 1.02. The Kier molecular flexibility index (Phi) is 3.56. The minimum absolute atomic E-state index is 0.593. The van der Waals surface area contributed by atoms with Gasteiger partial charge < -0.3 is 5.32 Å². The van der Waals surface area contributed by atoms with Gasteiger partial charge in [-0.05, 0) is 41.9 Å². The number of rotatable bonds is 4. The number of para-hydroxylation sites is 1. The second-order valence-corrected chi connectivity index (χ2v) is 5.30. The van der Waals surface area contributed by atoms with Crippen LogP contribution in [0.3, 0.4) is 0 Å². The molecule has 1 atom stereocenters. The van der Waals surface area contributed by atoms with Gasteiger partial charge in [0.15, 0.2) is 0 Å². The number of nitrogens with zero attached hydrogens (tertiary/aromatic N) is 4. The lowest BCUT2D eigenvalue weighted by molar-refractivity contribution is 0.671. The zero-order chi connectivity index (χ0) is 12.2. The van der Waals surface area contributed by atoms with E-state index in [9.17, 15) is 0 Å². The molecule has 0 radical (unpaired) electrons. The van der Waals surface area contributed by atoms with E-state index in [1.165, 1.54) is 12.8 Å². The van der Waals surface area contributed by atoms with Gasteiger partial charge in [-0.15, -0.1) is 5.10 Å². The highest BCUT2D eigenvalue weighted by Gasteiger charge is 2.16. The molecule has 1 aromatic heterocycles. The molecule has 1 fully saturated rings. The van der Waals surface area contributed by atoms with E-state index in [2.05, 4.69) is 20.8 Å². The molecule has 1 unspecified atom stereocenters. The lowest BCUT2D eigenvalue weighted by Crippen LogP contribution is -2.23. The van der Waals surface area contributed by atoms with Gasteiger partial charge in [0.25, 0.3) is 0 Å². The Labute approximate surface area is 110 Å². The monoisotopic (exact) mass is 261 g/mol. The van der Waals surface area contributed by atoms with Crippen LogP contribution in [0.2, 0.25) is 0 Å². The third-order valence-electron chi connectivity index (χ3n) is 3.02. The molecule has 1 aliphatic heterocycles. The van der Waals surface area contributed by atoms with Crippen molar-refractivity contribution in [2.45, 2.75) is 24.0 Å². The standard InChI is InChI=1S/C12H15N5S/c1-2-6-11(7-3-1)17-12(14-15-16-17)18-9-10-5-4-8-13-10/h1-3,6-7,10,13H,4-5,8-9H2. The summed E-state index contributed by atoms with van der Waals surface area (Å²) in [7, 11) is 0. The van der Waals surface area contributed by atoms with E-state index in [1.54, 1.807) is 16.4 Å². The van der Waals surface area contributed by atoms with E-state index < -0.39 is 0 Å². The van der Waals surface area contributed by atoms with E-state index in [0.717, 1.165) is 23.1 Å². The Morgan fingerprint density at radius 3 is 3.00 bits per heavy atom. The van der Waals surface area contributed by atoms with Gasteiger partial charge >= 0.3 is 0 Å². The SMILES string of the molecule is c1ccc(-n2nnnc2SCC2CCCN2)cc1. The van der Waals surface area contributed by atoms with E-state index in [1.807, 2.05) is 30.3 Å². The largest absolute Gasteiger partial charge is 0.313 e. The fourth-order valence-electron chi connectivity index (χ4n) is 2.07. The summed E-state index contributed by atoms with van der Waals surface area (Å²) in [5.41, 5.74) is 1.00. The number of nitrogens with one attached hydrogen (secondary N) is 1. The van der Waals surface area contributed by atoms with E-state index in [4.69, 9.17) is 0 Å². The summed E-state index contributed by atoms with van der Waals surface area (Å²) < 4.78 is 1.79. The maximum atomic E-state index is 4.09. The number of aromatic nitrogens is 4. The van der Waals surface area contributed by atoms with Gasteiger partial charge in [-0.3, -0.25) is 0 Å². The van der Waals surface area contributed by atoms with Gasteiger partial charge in [0, 0.05) is 11.8 Å². The smallest absolute Gasteiger partial charge is 0.214 e. The van der Waals surface area contributed by atoms with Crippen LogP contribution in [-0.4, -0.2) is 38.5 Å². The summed E-state index contributed by atoms with van der Waals surface area (Å²) in [6.45, 7) is 1.13. The number of hydrogen-bond acceptors (Lipinski definition) is 5. The summed E-state index contributed by atoms with van der Waals surface area (Å²) in [5, 5.41) is 16.2. The molecule has 1 aliphatic rings. The lowest BCUT2D eigenvalue weighted by atomic mass is 10.3. The first-order valence-electron chi connectivity index (χ1n) is 6.13. The number of benzene rings is 1. The van der Waals surface area contributed by atoms with Crippen molar-refractivity contribution in [2.24, 2.45) is 0 Å². The first-order valence-corrected chi connectivity index (χ1v) is 7.12. The number of thioether (sulfide) groups is 1. The molecule has 0 aliphatic carbocycles. The first-order chi connectivity index (χ1) is 8.93. The van der Waals surface area contributed by atoms with Crippen LogP contribution in [0.4, 0.5) is 0 Å². The van der Waals surface area contributed by atoms with Crippen LogP contribution in [0.25, 0.3) is 5.69 Å². The molecule has 6 heteroatoms. The Morgan fingerprint density at radius 2 is 2.22 bits per heavy atom. The molecule has 3 rings (SSSR count). The van der Waals surface area contributed by atoms with Crippen molar-refractivity contribution < 1.29 is 0 Å². The highest BCUT2D eigenvalue weighted by atomic mass is 32.2. The fraction of sp³-hybridized carbons (Fsp3) is 0.417. The Morgan fingerprint density at radius 1 is 1.33 bits per heavy atom. The summed E-state index contributed by atoms with van der Waals surface area (Å²) >= 11 is 1.71. The molecule has 94 valence electrons. The zero-order valence-corrected chi connectivity index (χ0v) is 10.8. The molecule has 2 aromatic rings. The van der Waals surface area contributed by atoms with E-state index in [-0.39, 0.29) is 0 Å². The van der Waals surface area contributed by atoms with Crippen LogP contribution in [0.1, 0.15) is 12.8 Å². The average molecular weight is 261 g/mol. The zero-order valence-electron chi connectivity index (χ0n) is 9.99. The molecule has 0 spiro atoms. The average Bonchev–Trinajstić information content (AvgIpc) is 3.09. The highest BCUT2D eigenvalue weighted by Crippen LogP contribution is 2.20. The first kappa shape index (κ1) is 11.7. The van der Waals surface area contributed by atoms with Crippen molar-refractivity contribution >= 4 is 11.8 Å². The lowest BCUT2D eigenvalue weighted by Gasteiger charge is -2.08. The van der Waals surface area contributed by atoms with Crippen LogP contribution >= 0.6 is 11.8 Å². The third kappa shape index (κ3) is 2.54. The molecule has 0 amide bonds. The minimum Gasteiger partial charge on any atom is -0.313 e. The van der Waals surface area contributed by atoms with Crippen LogP contribution in [0.15, 0.2) is 35.5 Å². The van der Waals surface area contributed by atoms with Crippen molar-refractivity contribution in [2.75, 3.05) is 12.3 Å². The van der Waals surface area contributed by atoms with Crippen LogP contribution in [0.5, 0.6) is 0 Å². The van der Waals surface area contributed by atoms with Crippen LogP contribution in [0, 0.1) is 0 Å². The Balaban J connectivity index is 1.71. The maximum absolute atomic E-state index is 4.09. The van der Waals surface area contributed by atoms with Crippen LogP contribution in [-0.2, 0) is 0 Å². The third-order valence-corrected chi connectivity index (χ3v) is 4.10. The van der Waals surface area contributed by atoms with Gasteiger partial charge in [-0.25, -0.2) is 0 Å². The predicted molar refractivity (Wildman–Crippen MR) is 70.9 cm³/mol. The van der Waals surface area contributed by atoms with Gasteiger partial charge in [-0.2, -0.15) is 4.68 Å². The molecule has 5 nitrogen and oxygen atoms in total. The van der Waals surface area contributed by atoms with Crippen LogP contribution < -0.4 is 5.32 Å². The summed E-state index contributed by atoms with van der Waals surface area (Å²) in [6.07, 6.45) is 2.52. The Hall–Kier alpha value is -1.40. The summed E-state index contributed by atoms with van der Waals surface area (Å²) in [4.78, 5) is 0. The van der Waals surface area contributed by atoms with Gasteiger partial charge in [0.2, 0.25) is 5.16 Å². The quantitative estimate of drug-likeness (QED) is 0.845. The Bertz CT molecular complexity index is 492. The van der Waals surface area contributed by atoms with Gasteiger partial charge in [0.1, 0.15) is 0 Å². The van der Waals surface area contributed by atoms with Gasteiger partial charge in [-0.1, -0.05) is 30.0 Å². The molecule has 18 heavy (non-hydrogen) atoms. The van der Waals surface area contributed by atoms with Crippen molar-refractivity contribution in [3.05, 3.63) is 30.3 Å². The predicted octanol–water partition coefficient (Wildman–Crippen LogP) is 1.51. The molecular formula is C12H15N5S. The summed E-state index contributed by atoms with van der Waals surface area (Å²) in [6, 6.07) is 10.6. The van der Waals surface area contributed by atoms with E-state index >= 15 is 0 Å². The molecule has 2 heterocycles. The molecular weight excluding hydrogens is 246 g/mol. The molecule has 0 saturated carbocycles. The maximum Gasteiger partial charge on any atom is 0.214 e. The minimum atomic E-state index is 0.593.